The largest absolute Gasteiger partial charge is 0.298 e. The minimum absolute atomic E-state index is 0.105. The van der Waals surface area contributed by atoms with Crippen molar-refractivity contribution < 1.29 is 13.2 Å². The first kappa shape index (κ1) is 19.7. The van der Waals surface area contributed by atoms with Gasteiger partial charge in [-0.25, -0.2) is 9.82 Å². The molecule has 0 fully saturated rings. The Bertz CT molecular complexity index is 1330. The third kappa shape index (κ3) is 4.37. The summed E-state index contributed by atoms with van der Waals surface area (Å²) in [7, 11) is -3.85. The van der Waals surface area contributed by atoms with Gasteiger partial charge in [-0.15, -0.1) is 11.3 Å². The molecule has 0 aliphatic carbocycles. The summed E-state index contributed by atoms with van der Waals surface area (Å²) in [6.07, 6.45) is 2.89. The summed E-state index contributed by atoms with van der Waals surface area (Å²) in [5.41, 5.74) is 0.814. The highest BCUT2D eigenvalue weighted by molar-refractivity contribution is 7.89. The zero-order chi connectivity index (χ0) is 21.0. The van der Waals surface area contributed by atoms with Gasteiger partial charge in [-0.1, -0.05) is 48.5 Å². The molecule has 1 aromatic heterocycles. The number of carbonyl (C=O) groups excluding carboxylic acids is 1. The third-order valence-corrected chi connectivity index (χ3v) is 6.17. The van der Waals surface area contributed by atoms with Crippen molar-refractivity contribution in [3.8, 4) is 0 Å². The lowest BCUT2D eigenvalue weighted by molar-refractivity contribution is 0.102. The van der Waals surface area contributed by atoms with E-state index in [2.05, 4.69) is 20.2 Å². The molecule has 0 unspecified atom stereocenters. The molecule has 4 aromatic rings. The molecule has 0 aliphatic heterocycles. The molecule has 0 radical (unpaired) electrons. The van der Waals surface area contributed by atoms with Gasteiger partial charge in [-0.3, -0.25) is 10.1 Å². The summed E-state index contributed by atoms with van der Waals surface area (Å²) in [4.78, 5) is 18.8. The molecule has 0 bridgehead atoms. The lowest BCUT2D eigenvalue weighted by Gasteiger charge is -2.07. The fourth-order valence-electron chi connectivity index (χ4n) is 2.82. The summed E-state index contributed by atoms with van der Waals surface area (Å²) in [6.45, 7) is 0. The van der Waals surface area contributed by atoms with Gasteiger partial charge in [0.2, 0.25) is 0 Å². The van der Waals surface area contributed by atoms with Crippen molar-refractivity contribution in [3.05, 3.63) is 89.4 Å². The second-order valence-corrected chi connectivity index (χ2v) is 8.80. The van der Waals surface area contributed by atoms with E-state index in [1.54, 1.807) is 48.0 Å². The van der Waals surface area contributed by atoms with Gasteiger partial charge >= 0.3 is 0 Å². The molecule has 0 atom stereocenters. The maximum atomic E-state index is 12.6. The zero-order valence-corrected chi connectivity index (χ0v) is 17.2. The highest BCUT2D eigenvalue weighted by atomic mass is 32.2. The number of hydrogen-bond acceptors (Lipinski definition) is 6. The Labute approximate surface area is 177 Å². The van der Waals surface area contributed by atoms with Crippen LogP contribution in [0.25, 0.3) is 10.8 Å². The quantitative estimate of drug-likeness (QED) is 0.354. The Hall–Kier alpha value is -3.56. The Morgan fingerprint density at radius 2 is 1.77 bits per heavy atom. The van der Waals surface area contributed by atoms with Gasteiger partial charge in [-0.05, 0) is 29.0 Å². The zero-order valence-electron chi connectivity index (χ0n) is 15.5. The van der Waals surface area contributed by atoms with Crippen LogP contribution < -0.4 is 10.1 Å². The SMILES string of the molecule is O=C(Nc1nccs1)c1ccccc1C=NNS(=O)(=O)c1ccc2ccccc2c1. The normalized spacial score (nSPS) is 11.6. The van der Waals surface area contributed by atoms with Crippen molar-refractivity contribution in [2.45, 2.75) is 4.90 Å². The summed E-state index contributed by atoms with van der Waals surface area (Å²) in [5, 5.41) is 10.5. The number of nitrogens with one attached hydrogen (secondary N) is 2. The van der Waals surface area contributed by atoms with E-state index in [4.69, 9.17) is 0 Å². The molecule has 7 nitrogen and oxygen atoms in total. The molecule has 0 saturated heterocycles. The number of sulfonamides is 1. The molecule has 3 aromatic carbocycles. The van der Waals surface area contributed by atoms with Crippen LogP contribution in [-0.4, -0.2) is 25.5 Å². The van der Waals surface area contributed by atoms with Crippen molar-refractivity contribution in [1.29, 1.82) is 0 Å². The number of nitrogens with zero attached hydrogens (tertiary/aromatic N) is 2. The molecule has 1 heterocycles. The average Bonchev–Trinajstić information content (AvgIpc) is 3.26. The number of aromatic nitrogens is 1. The summed E-state index contributed by atoms with van der Waals surface area (Å²) in [5.74, 6) is -0.357. The number of amides is 1. The number of rotatable bonds is 6. The van der Waals surface area contributed by atoms with Gasteiger partial charge in [0.05, 0.1) is 11.1 Å². The van der Waals surface area contributed by atoms with Crippen LogP contribution in [0.1, 0.15) is 15.9 Å². The molecule has 1 amide bonds. The van der Waals surface area contributed by atoms with Crippen LogP contribution in [0.4, 0.5) is 5.13 Å². The monoisotopic (exact) mass is 436 g/mol. The molecule has 0 spiro atoms. The fourth-order valence-corrected chi connectivity index (χ4v) is 4.17. The van der Waals surface area contributed by atoms with Crippen LogP contribution in [-0.2, 0) is 10.0 Å². The Balaban J connectivity index is 1.53. The van der Waals surface area contributed by atoms with Crippen LogP contribution in [0, 0.1) is 0 Å². The average molecular weight is 437 g/mol. The molecule has 4 rings (SSSR count). The minimum atomic E-state index is -3.85. The maximum Gasteiger partial charge on any atom is 0.276 e. The molecule has 0 saturated carbocycles. The molecule has 0 aliphatic rings. The van der Waals surface area contributed by atoms with E-state index in [0.717, 1.165) is 10.8 Å². The van der Waals surface area contributed by atoms with Crippen LogP contribution in [0.3, 0.4) is 0 Å². The van der Waals surface area contributed by atoms with E-state index in [-0.39, 0.29) is 10.8 Å². The van der Waals surface area contributed by atoms with Crippen molar-refractivity contribution in [2.24, 2.45) is 5.10 Å². The number of fused-ring (bicyclic) bond motifs is 1. The summed E-state index contributed by atoms with van der Waals surface area (Å²) >= 11 is 1.30. The lowest BCUT2D eigenvalue weighted by Crippen LogP contribution is -2.19. The minimum Gasteiger partial charge on any atom is -0.298 e. The highest BCUT2D eigenvalue weighted by Crippen LogP contribution is 2.19. The lowest BCUT2D eigenvalue weighted by atomic mass is 10.1. The second-order valence-electron chi connectivity index (χ2n) is 6.24. The smallest absolute Gasteiger partial charge is 0.276 e. The van der Waals surface area contributed by atoms with Gasteiger partial charge in [0, 0.05) is 22.7 Å². The van der Waals surface area contributed by atoms with Crippen LogP contribution in [0.5, 0.6) is 0 Å². The maximum absolute atomic E-state index is 12.6. The van der Waals surface area contributed by atoms with Gasteiger partial charge in [0.1, 0.15) is 0 Å². The van der Waals surface area contributed by atoms with Crippen LogP contribution in [0.2, 0.25) is 0 Å². The number of anilines is 1. The van der Waals surface area contributed by atoms with Gasteiger partial charge in [-0.2, -0.15) is 13.5 Å². The Morgan fingerprint density at radius 3 is 2.57 bits per heavy atom. The second kappa shape index (κ2) is 8.44. The van der Waals surface area contributed by atoms with Crippen LogP contribution >= 0.6 is 11.3 Å². The van der Waals surface area contributed by atoms with Crippen molar-refractivity contribution in [2.75, 3.05) is 5.32 Å². The molecule has 150 valence electrons. The van der Waals surface area contributed by atoms with Gasteiger partial charge < -0.3 is 0 Å². The van der Waals surface area contributed by atoms with Gasteiger partial charge in [0.25, 0.3) is 15.9 Å². The third-order valence-electron chi connectivity index (χ3n) is 4.27. The molecular weight excluding hydrogens is 420 g/mol. The molecule has 9 heteroatoms. The standard InChI is InChI=1S/C21H16N4O3S2/c26-20(24-21-22-11-12-29-21)19-8-4-3-7-17(19)14-23-25-30(27,28)18-10-9-15-5-1-2-6-16(15)13-18/h1-14,25H,(H,22,24,26). The van der Waals surface area contributed by atoms with E-state index in [0.29, 0.717) is 16.3 Å². The molecular formula is C21H16N4O3S2. The highest BCUT2D eigenvalue weighted by Gasteiger charge is 2.14. The molecule has 30 heavy (non-hydrogen) atoms. The Morgan fingerprint density at radius 1 is 1.00 bits per heavy atom. The number of hydrazone groups is 1. The summed E-state index contributed by atoms with van der Waals surface area (Å²) < 4.78 is 25.2. The van der Waals surface area contributed by atoms with E-state index >= 15 is 0 Å². The predicted octanol–water partition coefficient (Wildman–Crippen LogP) is 3.86. The van der Waals surface area contributed by atoms with Crippen molar-refractivity contribution in [1.82, 2.24) is 9.82 Å². The number of hydrogen-bond donors (Lipinski definition) is 2. The van der Waals surface area contributed by atoms with E-state index in [1.807, 2.05) is 24.3 Å². The topological polar surface area (TPSA) is 101 Å². The summed E-state index contributed by atoms with van der Waals surface area (Å²) in [6, 6.07) is 19.1. The van der Waals surface area contributed by atoms with Crippen molar-refractivity contribution in [3.63, 3.8) is 0 Å². The number of carbonyl (C=O) groups is 1. The van der Waals surface area contributed by atoms with E-state index in [1.165, 1.54) is 23.6 Å². The Kier molecular flexibility index (Phi) is 5.55. The fraction of sp³-hybridized carbons (Fsp3) is 0. The van der Waals surface area contributed by atoms with Crippen LogP contribution in [0.15, 0.2) is 88.3 Å². The van der Waals surface area contributed by atoms with Gasteiger partial charge in [0.15, 0.2) is 5.13 Å². The number of benzene rings is 3. The molecule has 2 N–H and O–H groups in total. The van der Waals surface area contributed by atoms with Crippen molar-refractivity contribution >= 4 is 49.4 Å². The first-order valence-corrected chi connectivity index (χ1v) is 11.2. The predicted molar refractivity (Wildman–Crippen MR) is 118 cm³/mol. The first-order chi connectivity index (χ1) is 14.5. The van der Waals surface area contributed by atoms with E-state index in [9.17, 15) is 13.2 Å². The number of thiazole rings is 1. The van der Waals surface area contributed by atoms with E-state index < -0.39 is 10.0 Å². The first-order valence-electron chi connectivity index (χ1n) is 8.86.